The van der Waals surface area contributed by atoms with Crippen molar-refractivity contribution in [2.24, 2.45) is 0 Å². The molecular formula is C30H32N2O8S2. The van der Waals surface area contributed by atoms with E-state index in [-0.39, 0.29) is 30.5 Å². The van der Waals surface area contributed by atoms with Crippen LogP contribution in [-0.4, -0.2) is 49.0 Å². The van der Waals surface area contributed by atoms with Crippen LogP contribution < -0.4 is 5.32 Å². The van der Waals surface area contributed by atoms with E-state index in [4.69, 9.17) is 13.9 Å². The van der Waals surface area contributed by atoms with Crippen molar-refractivity contribution in [2.45, 2.75) is 50.3 Å². The number of ether oxygens (including phenoxy) is 2. The van der Waals surface area contributed by atoms with Crippen LogP contribution in [0.1, 0.15) is 34.5 Å². The molecule has 2 aromatic carbocycles. The van der Waals surface area contributed by atoms with Gasteiger partial charge in [0.2, 0.25) is 0 Å². The summed E-state index contributed by atoms with van der Waals surface area (Å²) in [5.41, 5.74) is 2.39. The third kappa shape index (κ3) is 9.00. The number of aryl methyl sites for hydroxylation is 2. The van der Waals surface area contributed by atoms with Gasteiger partial charge in [0, 0.05) is 4.88 Å². The molecule has 2 heterocycles. The minimum Gasteiger partial charge on any atom is -0.480 e. The monoisotopic (exact) mass is 612 g/mol. The van der Waals surface area contributed by atoms with Crippen LogP contribution in [0.2, 0.25) is 0 Å². The molecule has 4 rings (SSSR count). The Kier molecular flexibility index (Phi) is 10.9. The zero-order chi connectivity index (χ0) is 30.0. The van der Waals surface area contributed by atoms with Crippen molar-refractivity contribution >= 4 is 33.2 Å². The van der Waals surface area contributed by atoms with E-state index >= 15 is 0 Å². The lowest BCUT2D eigenvalue weighted by atomic mass is 10.2. The molecule has 2 aromatic heterocycles. The minimum absolute atomic E-state index is 0.00788. The van der Waals surface area contributed by atoms with E-state index in [2.05, 4.69) is 10.3 Å². The van der Waals surface area contributed by atoms with Gasteiger partial charge >= 0.3 is 12.1 Å². The normalized spacial score (nSPS) is 12.1. The molecule has 4 aromatic rings. The Morgan fingerprint density at radius 2 is 1.74 bits per heavy atom. The summed E-state index contributed by atoms with van der Waals surface area (Å²) in [6, 6.07) is 17.7. The highest BCUT2D eigenvalue weighted by Gasteiger charge is 2.21. The van der Waals surface area contributed by atoms with Crippen LogP contribution in [0.3, 0.4) is 0 Å². The smallest absolute Gasteiger partial charge is 0.408 e. The lowest BCUT2D eigenvalue weighted by Gasteiger charge is -2.15. The number of carboxylic acids is 1. The average molecular weight is 613 g/mol. The van der Waals surface area contributed by atoms with Gasteiger partial charge in [0.25, 0.3) is 0 Å². The first kappa shape index (κ1) is 30.9. The maximum absolute atomic E-state index is 12.8. The second-order valence-corrected chi connectivity index (χ2v) is 12.8. The van der Waals surface area contributed by atoms with Crippen molar-refractivity contribution in [3.05, 3.63) is 94.7 Å². The molecule has 0 aliphatic rings. The van der Waals surface area contributed by atoms with Gasteiger partial charge in [0.05, 0.1) is 35.8 Å². The molecule has 2 N–H and O–H groups in total. The predicted molar refractivity (Wildman–Crippen MR) is 157 cm³/mol. The Balaban J connectivity index is 1.19. The van der Waals surface area contributed by atoms with Crippen molar-refractivity contribution in [1.82, 2.24) is 10.3 Å². The molecular weight excluding hydrogens is 580 g/mol. The number of aromatic nitrogens is 1. The number of benzene rings is 2. The first-order valence-corrected chi connectivity index (χ1v) is 15.8. The first-order valence-electron chi connectivity index (χ1n) is 13.3. The number of nitrogens with zero attached hydrogens (tertiary/aromatic N) is 1. The van der Waals surface area contributed by atoms with E-state index in [1.165, 1.54) is 12.1 Å². The summed E-state index contributed by atoms with van der Waals surface area (Å²) in [4.78, 5) is 29.5. The molecule has 1 unspecified atom stereocenters. The van der Waals surface area contributed by atoms with E-state index < -0.39 is 27.9 Å². The van der Waals surface area contributed by atoms with Gasteiger partial charge in [-0.25, -0.2) is 23.0 Å². The number of carboxylic acid groups (broad SMARTS) is 1. The number of furan rings is 1. The van der Waals surface area contributed by atoms with Crippen LogP contribution in [0.5, 0.6) is 0 Å². The number of alkyl carbamates (subject to hydrolysis) is 1. The van der Waals surface area contributed by atoms with Gasteiger partial charge in [-0.2, -0.15) is 0 Å². The van der Waals surface area contributed by atoms with E-state index in [1.807, 2.05) is 25.1 Å². The van der Waals surface area contributed by atoms with Gasteiger partial charge < -0.3 is 24.3 Å². The largest absolute Gasteiger partial charge is 0.480 e. The second kappa shape index (κ2) is 14.8. The highest BCUT2D eigenvalue weighted by Crippen LogP contribution is 2.28. The van der Waals surface area contributed by atoms with Gasteiger partial charge in [-0.15, -0.1) is 11.3 Å². The first-order chi connectivity index (χ1) is 20.2. The molecule has 1 amide bonds. The highest BCUT2D eigenvalue weighted by atomic mass is 32.2. The third-order valence-corrected chi connectivity index (χ3v) is 9.18. The Labute approximate surface area is 248 Å². The maximum Gasteiger partial charge on any atom is 0.408 e. The molecule has 1 atom stereocenters. The molecule has 0 spiro atoms. The zero-order valence-electron chi connectivity index (χ0n) is 23.0. The number of carbonyl (C=O) groups is 2. The van der Waals surface area contributed by atoms with Crippen molar-refractivity contribution in [2.75, 3.05) is 12.4 Å². The number of unbranched alkanes of at least 4 members (excludes halogenated alkanes) is 1. The molecule has 0 aliphatic carbocycles. The number of thiazole rings is 1. The highest BCUT2D eigenvalue weighted by molar-refractivity contribution is 7.91. The topological polar surface area (TPSA) is 145 Å². The van der Waals surface area contributed by atoms with Crippen molar-refractivity contribution in [3.8, 4) is 10.8 Å². The van der Waals surface area contributed by atoms with E-state index in [9.17, 15) is 23.1 Å². The standard InChI is InChI=1S/C30H32N2O8S2/c1-21-25(31-28(41-21)27-11-7-16-39-27)10-5-6-17-42(36,37)24-14-12-23(13-15-24)18-38-20-26(29(33)34)32-30(35)40-19-22-8-3-2-4-9-22/h2-4,7-9,11-16,26H,5-6,10,17-20H2,1H3,(H,32,35)(H,33,34). The summed E-state index contributed by atoms with van der Waals surface area (Å²) < 4.78 is 41.6. The number of aliphatic carboxylic acids is 1. The number of carbonyl (C=O) groups excluding carboxylic acids is 1. The molecule has 0 fully saturated rings. The summed E-state index contributed by atoms with van der Waals surface area (Å²) in [6.07, 6.45) is 2.61. The molecule has 0 saturated carbocycles. The lowest BCUT2D eigenvalue weighted by Crippen LogP contribution is -2.44. The Morgan fingerprint density at radius 1 is 1.00 bits per heavy atom. The number of rotatable bonds is 15. The van der Waals surface area contributed by atoms with Crippen LogP contribution >= 0.6 is 11.3 Å². The van der Waals surface area contributed by atoms with Gasteiger partial charge in [-0.1, -0.05) is 42.5 Å². The van der Waals surface area contributed by atoms with Crippen LogP contribution in [0.15, 0.2) is 82.3 Å². The van der Waals surface area contributed by atoms with Crippen molar-refractivity contribution in [3.63, 3.8) is 0 Å². The molecule has 42 heavy (non-hydrogen) atoms. The summed E-state index contributed by atoms with van der Waals surface area (Å²) in [6.45, 7) is 1.75. The second-order valence-electron chi connectivity index (χ2n) is 9.53. The average Bonchev–Trinajstić information content (AvgIpc) is 3.64. The number of sulfone groups is 1. The van der Waals surface area contributed by atoms with Crippen LogP contribution in [0.4, 0.5) is 4.79 Å². The Morgan fingerprint density at radius 3 is 2.43 bits per heavy atom. The molecule has 0 aliphatic heterocycles. The van der Waals surface area contributed by atoms with Gasteiger partial charge in [-0.3, -0.25) is 0 Å². The minimum atomic E-state index is -3.47. The van der Waals surface area contributed by atoms with Gasteiger partial charge in [0.1, 0.15) is 6.61 Å². The van der Waals surface area contributed by atoms with Crippen LogP contribution in [0, 0.1) is 6.92 Å². The molecule has 12 heteroatoms. The molecule has 0 bridgehead atoms. The predicted octanol–water partition coefficient (Wildman–Crippen LogP) is 5.40. The van der Waals surface area contributed by atoms with Crippen LogP contribution in [0.25, 0.3) is 10.8 Å². The molecule has 0 radical (unpaired) electrons. The van der Waals surface area contributed by atoms with Crippen molar-refractivity contribution < 1.29 is 37.0 Å². The van der Waals surface area contributed by atoms with E-state index in [0.717, 1.165) is 26.9 Å². The van der Waals surface area contributed by atoms with E-state index in [1.54, 1.807) is 54.0 Å². The fourth-order valence-electron chi connectivity index (χ4n) is 4.04. The summed E-state index contributed by atoms with van der Waals surface area (Å²) >= 11 is 1.56. The maximum atomic E-state index is 12.8. The lowest BCUT2D eigenvalue weighted by molar-refractivity contribution is -0.141. The van der Waals surface area contributed by atoms with Crippen LogP contribution in [-0.2, 0) is 43.7 Å². The van der Waals surface area contributed by atoms with E-state index in [0.29, 0.717) is 24.8 Å². The SMILES string of the molecule is Cc1sc(-c2ccco2)nc1CCCCS(=O)(=O)c1ccc(COCC(NC(=O)OCc2ccccc2)C(=O)O)cc1. The summed E-state index contributed by atoms with van der Waals surface area (Å²) in [5.74, 6) is -0.525. The fourth-order valence-corrected chi connectivity index (χ4v) is 6.34. The van der Waals surface area contributed by atoms with Gasteiger partial charge in [0.15, 0.2) is 26.6 Å². The number of amides is 1. The van der Waals surface area contributed by atoms with Gasteiger partial charge in [-0.05, 0) is 61.6 Å². The number of nitrogens with one attached hydrogen (secondary N) is 1. The molecule has 0 saturated heterocycles. The summed E-state index contributed by atoms with van der Waals surface area (Å²) in [5, 5.41) is 12.5. The number of hydrogen-bond acceptors (Lipinski definition) is 9. The Bertz CT molecular complexity index is 1550. The molecule has 10 nitrogen and oxygen atoms in total. The Hall–Kier alpha value is -4.00. The zero-order valence-corrected chi connectivity index (χ0v) is 24.7. The summed E-state index contributed by atoms with van der Waals surface area (Å²) in [7, 11) is -3.47. The van der Waals surface area contributed by atoms with Crippen molar-refractivity contribution in [1.29, 1.82) is 0 Å². The quantitative estimate of drug-likeness (QED) is 0.168. The fraction of sp³-hybridized carbons (Fsp3) is 0.300. The molecule has 222 valence electrons. The third-order valence-electron chi connectivity index (χ3n) is 6.34. The number of hydrogen-bond donors (Lipinski definition) is 2.